The molecule has 0 radical (unpaired) electrons. The summed E-state index contributed by atoms with van der Waals surface area (Å²) in [5.41, 5.74) is 0.639. The number of hydrogen-bond donors (Lipinski definition) is 1. The average molecular weight is 417 g/mol. The fourth-order valence-corrected chi connectivity index (χ4v) is 4.08. The zero-order valence-electron chi connectivity index (χ0n) is 13.8. The topological polar surface area (TPSA) is 77.6 Å². The largest absolute Gasteiger partial charge is 0.317 e. The highest BCUT2D eigenvalue weighted by atomic mass is 35.5. The fraction of sp³-hybridized carbons (Fsp3) is 0.0588. The van der Waals surface area contributed by atoms with E-state index in [-0.39, 0.29) is 11.4 Å². The van der Waals surface area contributed by atoms with Crippen LogP contribution in [-0.2, 0) is 5.75 Å². The first kappa shape index (κ1) is 17.8. The number of nitrogens with zero attached hydrogens (tertiary/aromatic N) is 5. The van der Waals surface area contributed by atoms with Gasteiger partial charge in [0.25, 0.3) is 0 Å². The van der Waals surface area contributed by atoms with Crippen molar-refractivity contribution in [3.63, 3.8) is 0 Å². The first-order valence-corrected chi connectivity index (χ1v) is 10.1. The van der Waals surface area contributed by atoms with Gasteiger partial charge in [-0.2, -0.15) is 4.68 Å². The molecule has 0 aliphatic heterocycles. The van der Waals surface area contributed by atoms with Crippen molar-refractivity contribution >= 4 is 45.6 Å². The van der Waals surface area contributed by atoms with E-state index in [9.17, 15) is 4.79 Å². The van der Waals surface area contributed by atoms with Crippen LogP contribution >= 0.6 is 34.7 Å². The molecule has 0 fully saturated rings. The van der Waals surface area contributed by atoms with Crippen LogP contribution in [0.4, 0.5) is 10.9 Å². The quantitative estimate of drug-likeness (QED) is 0.480. The maximum Gasteiger partial charge on any atom is 0.317 e. The van der Waals surface area contributed by atoms with Gasteiger partial charge in [0.1, 0.15) is 0 Å². The fourth-order valence-electron chi connectivity index (χ4n) is 2.34. The molecule has 1 aromatic carbocycles. The van der Waals surface area contributed by atoms with Crippen LogP contribution in [0.1, 0.15) is 5.56 Å². The van der Waals surface area contributed by atoms with E-state index in [0.717, 1.165) is 5.56 Å². The Labute approximate surface area is 167 Å². The van der Waals surface area contributed by atoms with Crippen LogP contribution in [-0.4, -0.2) is 24.5 Å². The smallest absolute Gasteiger partial charge is 0.310 e. The van der Waals surface area contributed by atoms with Crippen molar-refractivity contribution in [1.29, 1.82) is 0 Å². The zero-order chi connectivity index (χ0) is 18.6. The molecule has 3 heterocycles. The first-order chi connectivity index (χ1) is 13.2. The second-order valence-electron chi connectivity index (χ2n) is 5.35. The molecule has 1 N–H and O–H groups in total. The first-order valence-electron chi connectivity index (χ1n) is 7.88. The summed E-state index contributed by atoms with van der Waals surface area (Å²) in [5, 5.41) is 14.8. The number of nitrogens with one attached hydrogen (secondary N) is 1. The van der Waals surface area contributed by atoms with Gasteiger partial charge in [-0.1, -0.05) is 41.6 Å². The van der Waals surface area contributed by atoms with Crippen molar-refractivity contribution in [2.75, 3.05) is 5.32 Å². The molecule has 136 valence electrons. The molecule has 0 atom stereocenters. The molecule has 0 aliphatic carbocycles. The Kier molecular flexibility index (Phi) is 5.23. The van der Waals surface area contributed by atoms with Gasteiger partial charge >= 0.3 is 5.56 Å². The van der Waals surface area contributed by atoms with Gasteiger partial charge < -0.3 is 5.32 Å². The number of thiazole rings is 1. The SMILES string of the molecule is O=c1c(Nc2nccs2)nnc(SCc2ccccc2Cl)n1-n1cccc1. The van der Waals surface area contributed by atoms with Crippen molar-refractivity contribution < 1.29 is 0 Å². The molecule has 10 heteroatoms. The highest BCUT2D eigenvalue weighted by molar-refractivity contribution is 7.98. The van der Waals surface area contributed by atoms with Gasteiger partial charge in [-0.3, -0.25) is 9.47 Å². The van der Waals surface area contributed by atoms with Gasteiger partial charge in [0.15, 0.2) is 5.13 Å². The number of halogens is 1. The Morgan fingerprint density at radius 1 is 1.15 bits per heavy atom. The third kappa shape index (κ3) is 3.90. The number of benzene rings is 1. The maximum absolute atomic E-state index is 13.0. The summed E-state index contributed by atoms with van der Waals surface area (Å²) in [6, 6.07) is 11.3. The summed E-state index contributed by atoms with van der Waals surface area (Å²) in [6.45, 7) is 0. The number of rotatable bonds is 6. The van der Waals surface area contributed by atoms with Gasteiger partial charge in [-0.05, 0) is 23.8 Å². The third-order valence-electron chi connectivity index (χ3n) is 3.60. The Hall–Kier alpha value is -2.62. The maximum atomic E-state index is 13.0. The van der Waals surface area contributed by atoms with Crippen LogP contribution in [0, 0.1) is 0 Å². The van der Waals surface area contributed by atoms with Crippen molar-refractivity contribution in [2.24, 2.45) is 0 Å². The van der Waals surface area contributed by atoms with E-state index in [0.29, 0.717) is 21.1 Å². The van der Waals surface area contributed by atoms with Crippen LogP contribution in [0.15, 0.2) is 70.3 Å². The predicted molar refractivity (Wildman–Crippen MR) is 108 cm³/mol. The summed E-state index contributed by atoms with van der Waals surface area (Å²) in [6.07, 6.45) is 5.20. The highest BCUT2D eigenvalue weighted by Gasteiger charge is 2.15. The molecule has 0 saturated carbocycles. The number of aromatic nitrogens is 5. The minimum atomic E-state index is -0.321. The van der Waals surface area contributed by atoms with E-state index in [1.807, 2.05) is 41.8 Å². The highest BCUT2D eigenvalue weighted by Crippen LogP contribution is 2.25. The molecule has 7 nitrogen and oxygen atoms in total. The molecule has 0 amide bonds. The lowest BCUT2D eigenvalue weighted by Gasteiger charge is -2.13. The van der Waals surface area contributed by atoms with Crippen molar-refractivity contribution in [3.05, 3.63) is 81.3 Å². The predicted octanol–water partition coefficient (Wildman–Crippen LogP) is 3.90. The van der Waals surface area contributed by atoms with Crippen LogP contribution in [0.25, 0.3) is 0 Å². The molecule has 27 heavy (non-hydrogen) atoms. The molecule has 0 bridgehead atoms. The standard InChI is InChI=1S/C17H13ClN6OS2/c18-13-6-2-1-5-12(13)11-27-17-22-21-14(20-16-19-7-10-26-16)15(25)24(17)23-8-3-4-9-23/h1-10H,11H2,(H,19,20,21). The van der Waals surface area contributed by atoms with E-state index < -0.39 is 0 Å². The molecule has 0 unspecified atom stereocenters. The normalized spacial score (nSPS) is 10.9. The Morgan fingerprint density at radius 2 is 1.96 bits per heavy atom. The third-order valence-corrected chi connectivity index (χ3v) is 5.63. The lowest BCUT2D eigenvalue weighted by atomic mass is 10.2. The van der Waals surface area contributed by atoms with Gasteiger partial charge in [-0.15, -0.1) is 21.5 Å². The van der Waals surface area contributed by atoms with E-state index in [4.69, 9.17) is 11.6 Å². The van der Waals surface area contributed by atoms with E-state index in [2.05, 4.69) is 20.5 Å². The second kappa shape index (κ2) is 7.95. The van der Waals surface area contributed by atoms with E-state index in [1.165, 1.54) is 27.8 Å². The lowest BCUT2D eigenvalue weighted by molar-refractivity contribution is 0.533. The molecule has 3 aromatic heterocycles. The van der Waals surface area contributed by atoms with Crippen molar-refractivity contribution in [3.8, 4) is 0 Å². The summed E-state index contributed by atoms with van der Waals surface area (Å²) in [5.74, 6) is 0.676. The molecular formula is C17H13ClN6OS2. The van der Waals surface area contributed by atoms with Crippen LogP contribution < -0.4 is 10.9 Å². The monoisotopic (exact) mass is 416 g/mol. The van der Waals surface area contributed by atoms with Crippen LogP contribution in [0.3, 0.4) is 0 Å². The second-order valence-corrected chi connectivity index (χ2v) is 7.60. The Balaban J connectivity index is 1.69. The summed E-state index contributed by atoms with van der Waals surface area (Å²) in [4.78, 5) is 17.1. The van der Waals surface area contributed by atoms with Gasteiger partial charge in [0.05, 0.1) is 0 Å². The molecule has 4 rings (SSSR count). The van der Waals surface area contributed by atoms with Crippen molar-refractivity contribution in [1.82, 2.24) is 24.5 Å². The molecular weight excluding hydrogens is 404 g/mol. The summed E-state index contributed by atoms with van der Waals surface area (Å²) < 4.78 is 3.13. The van der Waals surface area contributed by atoms with Crippen LogP contribution in [0.5, 0.6) is 0 Å². The van der Waals surface area contributed by atoms with E-state index >= 15 is 0 Å². The van der Waals surface area contributed by atoms with E-state index in [1.54, 1.807) is 23.3 Å². The van der Waals surface area contributed by atoms with Crippen molar-refractivity contribution in [2.45, 2.75) is 10.9 Å². The molecule has 0 saturated heterocycles. The lowest BCUT2D eigenvalue weighted by Crippen LogP contribution is -2.30. The van der Waals surface area contributed by atoms with Crippen LogP contribution in [0.2, 0.25) is 5.02 Å². The summed E-state index contributed by atoms with van der Waals surface area (Å²) in [7, 11) is 0. The molecule has 0 spiro atoms. The average Bonchev–Trinajstić information content (AvgIpc) is 3.37. The Morgan fingerprint density at radius 3 is 2.70 bits per heavy atom. The summed E-state index contributed by atoms with van der Waals surface area (Å²) >= 11 is 8.99. The molecule has 0 aliphatic rings. The van der Waals surface area contributed by atoms with Gasteiger partial charge in [-0.25, -0.2) is 4.98 Å². The minimum absolute atomic E-state index is 0.112. The number of anilines is 2. The number of hydrogen-bond acceptors (Lipinski definition) is 7. The Bertz CT molecular complexity index is 1100. The van der Waals surface area contributed by atoms with Gasteiger partial charge in [0.2, 0.25) is 11.0 Å². The number of thioether (sulfide) groups is 1. The van der Waals surface area contributed by atoms with Gasteiger partial charge in [0, 0.05) is 34.7 Å². The zero-order valence-corrected chi connectivity index (χ0v) is 16.2. The minimum Gasteiger partial charge on any atom is -0.310 e. The molecule has 4 aromatic rings.